The fraction of sp³-hybridized carbons (Fsp3) is 1.00. The van der Waals surface area contributed by atoms with Crippen molar-refractivity contribution >= 4 is 11.6 Å². The first-order valence-corrected chi connectivity index (χ1v) is 4.93. The zero-order valence-corrected chi connectivity index (χ0v) is 8.30. The fourth-order valence-corrected chi connectivity index (χ4v) is 2.44. The van der Waals surface area contributed by atoms with Crippen LogP contribution >= 0.6 is 11.6 Å². The van der Waals surface area contributed by atoms with Crippen molar-refractivity contribution in [2.45, 2.75) is 39.0 Å². The molecule has 0 N–H and O–H groups in total. The smallest absolute Gasteiger partial charge is 0.207 e. The topological polar surface area (TPSA) is 0 Å². The summed E-state index contributed by atoms with van der Waals surface area (Å²) in [5.41, 5.74) is -0.278. The second-order valence-electron chi connectivity index (χ2n) is 4.01. The van der Waals surface area contributed by atoms with Gasteiger partial charge in [-0.25, -0.2) is 8.78 Å². The van der Waals surface area contributed by atoms with Crippen LogP contribution in [-0.2, 0) is 0 Å². The molecule has 0 bridgehead atoms. The van der Waals surface area contributed by atoms with Crippen molar-refractivity contribution in [3.63, 3.8) is 0 Å². The van der Waals surface area contributed by atoms with Gasteiger partial charge in [0.15, 0.2) is 0 Å². The van der Waals surface area contributed by atoms with Gasteiger partial charge in [-0.15, -0.1) is 11.6 Å². The molecule has 1 aliphatic carbocycles. The maximum Gasteiger partial charge on any atom is 0.249 e. The van der Waals surface area contributed by atoms with Crippen LogP contribution in [0.5, 0.6) is 0 Å². The molecule has 1 fully saturated rings. The summed E-state index contributed by atoms with van der Waals surface area (Å²) >= 11 is 5.73. The van der Waals surface area contributed by atoms with E-state index < -0.39 is 5.92 Å². The Kier molecular flexibility index (Phi) is 2.67. The molecule has 0 spiro atoms. The lowest BCUT2D eigenvalue weighted by Gasteiger charge is -2.50. The Balaban J connectivity index is 2.58. The third kappa shape index (κ3) is 1.59. The molecule has 0 amide bonds. The Morgan fingerprint density at radius 3 is 2.17 bits per heavy atom. The highest BCUT2D eigenvalue weighted by molar-refractivity contribution is 6.18. The second kappa shape index (κ2) is 3.13. The molecule has 0 radical (unpaired) electrons. The summed E-state index contributed by atoms with van der Waals surface area (Å²) in [7, 11) is 0. The number of hydrogen-bond acceptors (Lipinski definition) is 0. The van der Waals surface area contributed by atoms with Crippen molar-refractivity contribution in [2.24, 2.45) is 11.3 Å². The molecule has 72 valence electrons. The Bertz CT molecular complexity index is 160. The van der Waals surface area contributed by atoms with Crippen LogP contribution in [0.4, 0.5) is 8.78 Å². The van der Waals surface area contributed by atoms with E-state index in [1.54, 1.807) is 0 Å². The molecular weight excluding hydrogens is 182 g/mol. The van der Waals surface area contributed by atoms with Gasteiger partial charge in [0.05, 0.1) is 0 Å². The molecule has 1 aliphatic rings. The van der Waals surface area contributed by atoms with E-state index >= 15 is 0 Å². The predicted molar refractivity (Wildman–Crippen MR) is 46.8 cm³/mol. The Morgan fingerprint density at radius 2 is 1.92 bits per heavy atom. The summed E-state index contributed by atoms with van der Waals surface area (Å²) in [6, 6.07) is 0. The minimum Gasteiger partial charge on any atom is -0.207 e. The number of rotatable bonds is 3. The van der Waals surface area contributed by atoms with E-state index in [2.05, 4.69) is 0 Å². The predicted octanol–water partition coefficient (Wildman–Crippen LogP) is 3.69. The van der Waals surface area contributed by atoms with Gasteiger partial charge < -0.3 is 0 Å². The van der Waals surface area contributed by atoms with Crippen LogP contribution in [0.1, 0.15) is 33.1 Å². The molecule has 1 atom stereocenters. The quantitative estimate of drug-likeness (QED) is 0.604. The first kappa shape index (κ1) is 10.2. The van der Waals surface area contributed by atoms with E-state index in [1.165, 1.54) is 0 Å². The minimum absolute atomic E-state index is 0.0154. The van der Waals surface area contributed by atoms with Crippen molar-refractivity contribution in [1.29, 1.82) is 0 Å². The summed E-state index contributed by atoms with van der Waals surface area (Å²) in [6.45, 7) is 4.03. The molecule has 1 unspecified atom stereocenters. The first-order valence-electron chi connectivity index (χ1n) is 4.39. The van der Waals surface area contributed by atoms with Crippen molar-refractivity contribution in [3.8, 4) is 0 Å². The largest absolute Gasteiger partial charge is 0.249 e. The van der Waals surface area contributed by atoms with Crippen LogP contribution in [0.15, 0.2) is 0 Å². The Morgan fingerprint density at radius 1 is 1.42 bits per heavy atom. The molecule has 0 aliphatic heterocycles. The second-order valence-corrected chi connectivity index (χ2v) is 4.28. The number of hydrogen-bond donors (Lipinski definition) is 0. The number of alkyl halides is 3. The van der Waals surface area contributed by atoms with Gasteiger partial charge in [0.2, 0.25) is 5.92 Å². The summed E-state index contributed by atoms with van der Waals surface area (Å²) in [5, 5.41) is 0. The van der Waals surface area contributed by atoms with Gasteiger partial charge in [-0.1, -0.05) is 20.3 Å². The fourth-order valence-electron chi connectivity index (χ4n) is 1.99. The lowest BCUT2D eigenvalue weighted by Crippen LogP contribution is -2.51. The highest BCUT2D eigenvalue weighted by Crippen LogP contribution is 2.57. The molecular formula is C9H15ClF2. The van der Waals surface area contributed by atoms with E-state index in [4.69, 9.17) is 11.6 Å². The Hall–Kier alpha value is 0.150. The van der Waals surface area contributed by atoms with E-state index in [1.807, 2.05) is 13.8 Å². The Labute approximate surface area is 77.3 Å². The molecule has 0 saturated heterocycles. The van der Waals surface area contributed by atoms with Crippen LogP contribution in [0.3, 0.4) is 0 Å². The van der Waals surface area contributed by atoms with E-state index in [9.17, 15) is 8.78 Å². The lowest BCUT2D eigenvalue weighted by molar-refractivity contribution is -0.171. The van der Waals surface area contributed by atoms with E-state index in [0.29, 0.717) is 11.8 Å². The normalized spacial score (nSPS) is 27.8. The molecule has 1 rings (SSSR count). The van der Waals surface area contributed by atoms with Gasteiger partial charge in [-0.2, -0.15) is 0 Å². The maximum absolute atomic E-state index is 12.7. The summed E-state index contributed by atoms with van der Waals surface area (Å²) in [5.74, 6) is -1.76. The zero-order valence-electron chi connectivity index (χ0n) is 7.54. The summed E-state index contributed by atoms with van der Waals surface area (Å²) < 4.78 is 25.3. The molecule has 12 heavy (non-hydrogen) atoms. The van der Waals surface area contributed by atoms with Gasteiger partial charge >= 0.3 is 0 Å². The average molecular weight is 197 g/mol. The van der Waals surface area contributed by atoms with Gasteiger partial charge in [-0.3, -0.25) is 0 Å². The van der Waals surface area contributed by atoms with Crippen molar-refractivity contribution in [3.05, 3.63) is 0 Å². The standard InChI is InChI=1S/C9H15ClF2/c1-3-7(2)8(6-10)4-9(11,12)5-8/h7H,3-6H2,1-2H3. The third-order valence-electron chi connectivity index (χ3n) is 3.15. The van der Waals surface area contributed by atoms with Crippen LogP contribution in [-0.4, -0.2) is 11.8 Å². The summed E-state index contributed by atoms with van der Waals surface area (Å²) in [6.07, 6.45) is 0.903. The first-order chi connectivity index (χ1) is 5.46. The molecule has 0 aromatic rings. The van der Waals surface area contributed by atoms with E-state index in [-0.39, 0.29) is 18.3 Å². The van der Waals surface area contributed by atoms with Crippen LogP contribution < -0.4 is 0 Å². The van der Waals surface area contributed by atoms with Crippen molar-refractivity contribution in [2.75, 3.05) is 5.88 Å². The molecule has 1 saturated carbocycles. The lowest BCUT2D eigenvalue weighted by atomic mass is 9.60. The SMILES string of the molecule is CCC(C)C1(CCl)CC(F)(F)C1. The maximum atomic E-state index is 12.7. The molecule has 0 aromatic heterocycles. The highest BCUT2D eigenvalue weighted by atomic mass is 35.5. The van der Waals surface area contributed by atoms with Gasteiger partial charge in [0.1, 0.15) is 0 Å². The average Bonchev–Trinajstić information content (AvgIpc) is 1.97. The van der Waals surface area contributed by atoms with Gasteiger partial charge in [0, 0.05) is 18.7 Å². The number of halogens is 3. The van der Waals surface area contributed by atoms with Crippen molar-refractivity contribution in [1.82, 2.24) is 0 Å². The highest BCUT2D eigenvalue weighted by Gasteiger charge is 2.57. The minimum atomic E-state index is -2.45. The molecule has 0 heterocycles. The van der Waals surface area contributed by atoms with Crippen LogP contribution in [0.2, 0.25) is 0 Å². The van der Waals surface area contributed by atoms with E-state index in [0.717, 1.165) is 6.42 Å². The summed E-state index contributed by atoms with van der Waals surface area (Å²) in [4.78, 5) is 0. The molecule has 0 aromatic carbocycles. The monoisotopic (exact) mass is 196 g/mol. The zero-order chi connectivity index (χ0) is 9.41. The van der Waals surface area contributed by atoms with Gasteiger partial charge in [-0.05, 0) is 11.3 Å². The van der Waals surface area contributed by atoms with Crippen molar-refractivity contribution < 1.29 is 8.78 Å². The molecule has 0 nitrogen and oxygen atoms in total. The van der Waals surface area contributed by atoms with Crippen LogP contribution in [0, 0.1) is 11.3 Å². The van der Waals surface area contributed by atoms with Crippen LogP contribution in [0.25, 0.3) is 0 Å². The van der Waals surface area contributed by atoms with Gasteiger partial charge in [0.25, 0.3) is 0 Å². The third-order valence-corrected chi connectivity index (χ3v) is 3.68. The molecule has 3 heteroatoms.